The second-order valence-electron chi connectivity index (χ2n) is 3.02. The molecule has 2 heterocycles. The third-order valence-corrected chi connectivity index (χ3v) is 2.27. The SMILES string of the molecule is C1=CC2C=C3OCC=C3C=C2O1. The number of hydrogen-bond acceptors (Lipinski definition) is 2. The van der Waals surface area contributed by atoms with E-state index in [4.69, 9.17) is 9.47 Å². The second kappa shape index (κ2) is 2.03. The predicted molar refractivity (Wildman–Crippen MR) is 43.9 cm³/mol. The monoisotopic (exact) mass is 160 g/mol. The van der Waals surface area contributed by atoms with E-state index in [2.05, 4.69) is 12.2 Å². The molecule has 2 nitrogen and oxygen atoms in total. The molecule has 0 amide bonds. The molecule has 0 aromatic rings. The van der Waals surface area contributed by atoms with Gasteiger partial charge in [-0.3, -0.25) is 0 Å². The summed E-state index contributed by atoms with van der Waals surface area (Å²) >= 11 is 0. The van der Waals surface area contributed by atoms with E-state index in [-0.39, 0.29) is 0 Å². The Labute approximate surface area is 70.5 Å². The van der Waals surface area contributed by atoms with Crippen LogP contribution in [0.1, 0.15) is 0 Å². The fourth-order valence-corrected chi connectivity index (χ4v) is 1.64. The van der Waals surface area contributed by atoms with Crippen LogP contribution in [0, 0.1) is 5.92 Å². The lowest BCUT2D eigenvalue weighted by Gasteiger charge is -2.13. The van der Waals surface area contributed by atoms with Crippen LogP contribution in [0.5, 0.6) is 0 Å². The van der Waals surface area contributed by atoms with Crippen molar-refractivity contribution in [1.82, 2.24) is 0 Å². The molecule has 12 heavy (non-hydrogen) atoms. The lowest BCUT2D eigenvalue weighted by molar-refractivity contribution is 0.270. The Morgan fingerprint density at radius 3 is 3.42 bits per heavy atom. The minimum atomic E-state index is 0.301. The molecule has 0 fully saturated rings. The van der Waals surface area contributed by atoms with Crippen molar-refractivity contribution in [3.63, 3.8) is 0 Å². The average Bonchev–Trinajstić information content (AvgIpc) is 2.64. The first-order valence-corrected chi connectivity index (χ1v) is 4.03. The second-order valence-corrected chi connectivity index (χ2v) is 3.02. The Balaban J connectivity index is 2.08. The van der Waals surface area contributed by atoms with E-state index in [9.17, 15) is 0 Å². The van der Waals surface area contributed by atoms with Crippen molar-refractivity contribution in [2.45, 2.75) is 0 Å². The third kappa shape index (κ3) is 0.694. The maximum atomic E-state index is 5.40. The van der Waals surface area contributed by atoms with Crippen LogP contribution in [0.25, 0.3) is 0 Å². The summed E-state index contributed by atoms with van der Waals surface area (Å²) in [5.41, 5.74) is 1.16. The first-order chi connectivity index (χ1) is 5.93. The summed E-state index contributed by atoms with van der Waals surface area (Å²) in [6, 6.07) is 0. The Kier molecular flexibility index (Phi) is 1.04. The van der Waals surface area contributed by atoms with Crippen LogP contribution in [0.3, 0.4) is 0 Å². The normalized spacial score (nSPS) is 29.3. The van der Waals surface area contributed by atoms with Gasteiger partial charge in [0.2, 0.25) is 0 Å². The molecule has 3 aliphatic rings. The van der Waals surface area contributed by atoms with Gasteiger partial charge in [-0.2, -0.15) is 0 Å². The molecule has 0 spiro atoms. The molecule has 0 aromatic carbocycles. The molecule has 2 heteroatoms. The van der Waals surface area contributed by atoms with Gasteiger partial charge in [-0.1, -0.05) is 0 Å². The highest BCUT2D eigenvalue weighted by Gasteiger charge is 2.25. The molecule has 0 saturated carbocycles. The van der Waals surface area contributed by atoms with Crippen molar-refractivity contribution in [2.24, 2.45) is 5.92 Å². The molecule has 60 valence electrons. The molecule has 3 rings (SSSR count). The van der Waals surface area contributed by atoms with E-state index >= 15 is 0 Å². The molecular weight excluding hydrogens is 152 g/mol. The van der Waals surface area contributed by atoms with E-state index in [0.29, 0.717) is 12.5 Å². The molecule has 0 aromatic heterocycles. The Bertz CT molecular complexity index is 345. The van der Waals surface area contributed by atoms with Gasteiger partial charge in [0.15, 0.2) is 0 Å². The zero-order valence-electron chi connectivity index (χ0n) is 6.49. The summed E-state index contributed by atoms with van der Waals surface area (Å²) in [6.45, 7) is 0.696. The summed E-state index contributed by atoms with van der Waals surface area (Å²) in [6.07, 6.45) is 9.97. The summed E-state index contributed by atoms with van der Waals surface area (Å²) < 4.78 is 10.7. The molecular formula is C10H8O2. The predicted octanol–water partition coefficient (Wildman–Crippen LogP) is 1.88. The quantitative estimate of drug-likeness (QED) is 0.538. The van der Waals surface area contributed by atoms with E-state index in [1.54, 1.807) is 6.26 Å². The number of rotatable bonds is 0. The van der Waals surface area contributed by atoms with Crippen LogP contribution in [0.2, 0.25) is 0 Å². The number of fused-ring (bicyclic) bond motifs is 2. The van der Waals surface area contributed by atoms with Gasteiger partial charge >= 0.3 is 0 Å². The number of allylic oxidation sites excluding steroid dienone is 2. The minimum Gasteiger partial charge on any atom is -0.489 e. The Morgan fingerprint density at radius 1 is 1.42 bits per heavy atom. The van der Waals surface area contributed by atoms with E-state index < -0.39 is 0 Å². The van der Waals surface area contributed by atoms with Crippen LogP contribution < -0.4 is 0 Å². The molecule has 0 N–H and O–H groups in total. The molecule has 0 bridgehead atoms. The van der Waals surface area contributed by atoms with Gasteiger partial charge in [-0.15, -0.1) is 0 Å². The third-order valence-electron chi connectivity index (χ3n) is 2.27. The van der Waals surface area contributed by atoms with Gasteiger partial charge in [0.25, 0.3) is 0 Å². The molecule has 0 saturated heterocycles. The van der Waals surface area contributed by atoms with Crippen LogP contribution in [0.4, 0.5) is 0 Å². The summed E-state index contributed by atoms with van der Waals surface area (Å²) in [5.74, 6) is 2.31. The topological polar surface area (TPSA) is 18.5 Å². The van der Waals surface area contributed by atoms with Gasteiger partial charge < -0.3 is 9.47 Å². The molecule has 1 atom stereocenters. The standard InChI is InChI=1S/C10H8O2/c1-3-11-9-6-8-2-4-12-10(8)5-7(1)9/h1-3,5-7H,4H2. The Morgan fingerprint density at radius 2 is 2.42 bits per heavy atom. The highest BCUT2D eigenvalue weighted by Crippen LogP contribution is 2.34. The number of ether oxygens (including phenoxy) is 2. The van der Waals surface area contributed by atoms with Crippen molar-refractivity contribution in [2.75, 3.05) is 6.61 Å². The number of hydrogen-bond donors (Lipinski definition) is 0. The van der Waals surface area contributed by atoms with Crippen molar-refractivity contribution in [1.29, 1.82) is 0 Å². The van der Waals surface area contributed by atoms with Crippen molar-refractivity contribution in [3.8, 4) is 0 Å². The van der Waals surface area contributed by atoms with Crippen LogP contribution >= 0.6 is 0 Å². The molecule has 0 radical (unpaired) electrons. The summed E-state index contributed by atoms with van der Waals surface area (Å²) in [7, 11) is 0. The summed E-state index contributed by atoms with van der Waals surface area (Å²) in [5, 5.41) is 0. The Hall–Kier alpha value is -1.44. The van der Waals surface area contributed by atoms with Crippen molar-refractivity contribution in [3.05, 3.63) is 47.7 Å². The van der Waals surface area contributed by atoms with Crippen molar-refractivity contribution < 1.29 is 9.47 Å². The van der Waals surface area contributed by atoms with Crippen LogP contribution in [0.15, 0.2) is 47.7 Å². The lowest BCUT2D eigenvalue weighted by Crippen LogP contribution is -2.02. The van der Waals surface area contributed by atoms with E-state index in [1.165, 1.54) is 0 Å². The highest BCUT2D eigenvalue weighted by atomic mass is 16.5. The molecule has 2 aliphatic heterocycles. The highest BCUT2D eigenvalue weighted by molar-refractivity contribution is 5.47. The van der Waals surface area contributed by atoms with Crippen LogP contribution in [-0.4, -0.2) is 6.61 Å². The fourth-order valence-electron chi connectivity index (χ4n) is 1.64. The average molecular weight is 160 g/mol. The van der Waals surface area contributed by atoms with Crippen molar-refractivity contribution >= 4 is 0 Å². The first kappa shape index (κ1) is 6.12. The van der Waals surface area contributed by atoms with E-state index in [1.807, 2.05) is 12.2 Å². The maximum absolute atomic E-state index is 5.40. The van der Waals surface area contributed by atoms with Gasteiger partial charge in [-0.25, -0.2) is 0 Å². The van der Waals surface area contributed by atoms with Gasteiger partial charge in [0.05, 0.1) is 12.2 Å². The smallest absolute Gasteiger partial charge is 0.124 e. The molecule has 1 unspecified atom stereocenters. The first-order valence-electron chi connectivity index (χ1n) is 4.03. The van der Waals surface area contributed by atoms with E-state index in [0.717, 1.165) is 17.1 Å². The summed E-state index contributed by atoms with van der Waals surface area (Å²) in [4.78, 5) is 0. The zero-order valence-corrected chi connectivity index (χ0v) is 6.49. The minimum absolute atomic E-state index is 0.301. The maximum Gasteiger partial charge on any atom is 0.124 e. The van der Waals surface area contributed by atoms with Gasteiger partial charge in [0.1, 0.15) is 18.1 Å². The van der Waals surface area contributed by atoms with Gasteiger partial charge in [-0.05, 0) is 24.3 Å². The fraction of sp³-hybridized carbons (Fsp3) is 0.200. The molecule has 1 aliphatic carbocycles. The lowest BCUT2D eigenvalue weighted by atomic mass is 9.98. The van der Waals surface area contributed by atoms with Gasteiger partial charge in [0, 0.05) is 5.57 Å². The largest absolute Gasteiger partial charge is 0.489 e. The van der Waals surface area contributed by atoms with Crippen LogP contribution in [-0.2, 0) is 9.47 Å². The zero-order chi connectivity index (χ0) is 7.97.